The van der Waals surface area contributed by atoms with E-state index >= 15 is 0 Å². The van der Waals surface area contributed by atoms with Crippen molar-refractivity contribution >= 4 is 0 Å². The molecule has 106 valence electrons. The van der Waals surface area contributed by atoms with Gasteiger partial charge in [0.2, 0.25) is 0 Å². The molecule has 0 saturated heterocycles. The summed E-state index contributed by atoms with van der Waals surface area (Å²) in [4.78, 5) is 0. The summed E-state index contributed by atoms with van der Waals surface area (Å²) in [5.74, 6) is -1.32. The highest BCUT2D eigenvalue weighted by molar-refractivity contribution is 5.30. The molecule has 19 heavy (non-hydrogen) atoms. The third kappa shape index (κ3) is 3.08. The summed E-state index contributed by atoms with van der Waals surface area (Å²) < 4.78 is 51.0. The molecular formula is C14H16F4O. The Morgan fingerprint density at radius 3 is 2.05 bits per heavy atom. The smallest absolute Gasteiger partial charge is 0.385 e. The van der Waals surface area contributed by atoms with E-state index in [9.17, 15) is 22.7 Å². The molecule has 0 atom stereocenters. The van der Waals surface area contributed by atoms with Gasteiger partial charge in [-0.3, -0.25) is 0 Å². The molecule has 0 amide bonds. The van der Waals surface area contributed by atoms with Crippen molar-refractivity contribution in [3.63, 3.8) is 0 Å². The number of benzene rings is 1. The summed E-state index contributed by atoms with van der Waals surface area (Å²) in [6.07, 6.45) is -0.167. The Kier molecular flexibility index (Phi) is 3.85. The Morgan fingerprint density at radius 1 is 1.00 bits per heavy atom. The number of rotatable bonds is 1. The Morgan fingerprint density at radius 2 is 1.58 bits per heavy atom. The largest absolute Gasteiger partial charge is 0.419 e. The van der Waals surface area contributed by atoms with Crippen LogP contribution in [0.3, 0.4) is 0 Å². The second-order valence-electron chi connectivity index (χ2n) is 5.14. The highest BCUT2D eigenvalue weighted by Crippen LogP contribution is 2.38. The fraction of sp³-hybridized carbons (Fsp3) is 0.571. The van der Waals surface area contributed by atoms with Crippen LogP contribution in [0.2, 0.25) is 0 Å². The van der Waals surface area contributed by atoms with Crippen LogP contribution in [-0.2, 0) is 11.8 Å². The van der Waals surface area contributed by atoms with Crippen LogP contribution in [-0.4, -0.2) is 5.11 Å². The molecule has 1 nitrogen and oxygen atoms in total. The highest BCUT2D eigenvalue weighted by atomic mass is 19.4. The number of hydrogen-bond donors (Lipinski definition) is 1. The third-order valence-corrected chi connectivity index (χ3v) is 3.74. The minimum absolute atomic E-state index is 0.250. The zero-order valence-electron chi connectivity index (χ0n) is 10.4. The van der Waals surface area contributed by atoms with E-state index < -0.39 is 23.2 Å². The van der Waals surface area contributed by atoms with Crippen LogP contribution in [0.25, 0.3) is 0 Å². The summed E-state index contributed by atoms with van der Waals surface area (Å²) in [6.45, 7) is 0. The molecule has 1 aliphatic rings. The number of aliphatic hydroxyl groups is 1. The summed E-state index contributed by atoms with van der Waals surface area (Å²) in [7, 11) is 0. The molecule has 0 unspecified atom stereocenters. The second-order valence-corrected chi connectivity index (χ2v) is 5.14. The van der Waals surface area contributed by atoms with Crippen molar-refractivity contribution in [3.05, 3.63) is 35.1 Å². The van der Waals surface area contributed by atoms with Crippen LogP contribution in [0.15, 0.2) is 18.2 Å². The number of alkyl halides is 3. The molecule has 0 aliphatic heterocycles. The Labute approximate surface area is 109 Å². The fourth-order valence-corrected chi connectivity index (χ4v) is 2.64. The summed E-state index contributed by atoms with van der Waals surface area (Å²) in [6, 6.07) is 2.74. The van der Waals surface area contributed by atoms with Crippen molar-refractivity contribution in [1.29, 1.82) is 0 Å². The standard InChI is InChI=1S/C14H16F4O/c15-12-9-10(5-6-11(12)14(16,17)18)13(19)7-3-1-2-4-8-13/h5-6,9,19H,1-4,7-8H2. The van der Waals surface area contributed by atoms with Crippen molar-refractivity contribution < 1.29 is 22.7 Å². The molecule has 0 radical (unpaired) electrons. The summed E-state index contributed by atoms with van der Waals surface area (Å²) in [5.41, 5.74) is -2.23. The lowest BCUT2D eigenvalue weighted by Crippen LogP contribution is -2.25. The molecule has 0 bridgehead atoms. The monoisotopic (exact) mass is 276 g/mol. The number of halogens is 4. The first-order valence-corrected chi connectivity index (χ1v) is 6.42. The SMILES string of the molecule is OC1(c2ccc(C(F)(F)F)c(F)c2)CCCCCC1. The van der Waals surface area contributed by atoms with Gasteiger partial charge in [-0.2, -0.15) is 13.2 Å². The van der Waals surface area contributed by atoms with E-state index in [0.717, 1.165) is 31.7 Å². The van der Waals surface area contributed by atoms with Gasteiger partial charge in [0.25, 0.3) is 0 Å². The molecule has 2 rings (SSSR count). The zero-order valence-corrected chi connectivity index (χ0v) is 10.4. The van der Waals surface area contributed by atoms with Crippen LogP contribution in [0.4, 0.5) is 17.6 Å². The van der Waals surface area contributed by atoms with Crippen molar-refractivity contribution in [3.8, 4) is 0 Å². The fourth-order valence-electron chi connectivity index (χ4n) is 2.64. The topological polar surface area (TPSA) is 20.2 Å². The first-order valence-electron chi connectivity index (χ1n) is 6.42. The lowest BCUT2D eigenvalue weighted by Gasteiger charge is -2.27. The molecule has 1 aliphatic carbocycles. The minimum atomic E-state index is -4.70. The Bertz CT molecular complexity index is 445. The van der Waals surface area contributed by atoms with E-state index in [2.05, 4.69) is 0 Å². The summed E-state index contributed by atoms with van der Waals surface area (Å²) in [5, 5.41) is 10.5. The molecule has 1 N–H and O–H groups in total. The first-order chi connectivity index (χ1) is 8.83. The van der Waals surface area contributed by atoms with Crippen LogP contribution in [0.1, 0.15) is 49.7 Å². The van der Waals surface area contributed by atoms with Crippen LogP contribution in [0.5, 0.6) is 0 Å². The average Bonchev–Trinajstić information content (AvgIpc) is 2.53. The van der Waals surface area contributed by atoms with Gasteiger partial charge in [-0.15, -0.1) is 0 Å². The normalized spacial score (nSPS) is 20.1. The Hall–Kier alpha value is -1.10. The van der Waals surface area contributed by atoms with Gasteiger partial charge in [-0.05, 0) is 30.5 Å². The lowest BCUT2D eigenvalue weighted by molar-refractivity contribution is -0.140. The van der Waals surface area contributed by atoms with Gasteiger partial charge in [0.1, 0.15) is 5.82 Å². The predicted octanol–water partition coefficient (Wildman–Crippen LogP) is 4.39. The van der Waals surface area contributed by atoms with Gasteiger partial charge in [0, 0.05) is 0 Å². The number of hydrogen-bond acceptors (Lipinski definition) is 1. The minimum Gasteiger partial charge on any atom is -0.385 e. The first kappa shape index (κ1) is 14.3. The van der Waals surface area contributed by atoms with Crippen molar-refractivity contribution in [2.75, 3.05) is 0 Å². The molecule has 1 fully saturated rings. The van der Waals surface area contributed by atoms with Gasteiger partial charge in [-0.1, -0.05) is 31.7 Å². The van der Waals surface area contributed by atoms with E-state index in [-0.39, 0.29) is 5.56 Å². The maximum atomic E-state index is 13.5. The maximum Gasteiger partial charge on any atom is 0.419 e. The second kappa shape index (κ2) is 5.12. The van der Waals surface area contributed by atoms with Gasteiger partial charge in [-0.25, -0.2) is 4.39 Å². The van der Waals surface area contributed by atoms with Gasteiger partial charge in [0.15, 0.2) is 0 Å². The van der Waals surface area contributed by atoms with E-state index in [1.165, 1.54) is 6.07 Å². The molecule has 0 aromatic heterocycles. The van der Waals surface area contributed by atoms with E-state index in [1.54, 1.807) is 0 Å². The van der Waals surface area contributed by atoms with Crippen molar-refractivity contribution in [2.24, 2.45) is 0 Å². The molecule has 1 saturated carbocycles. The third-order valence-electron chi connectivity index (χ3n) is 3.74. The maximum absolute atomic E-state index is 13.5. The summed E-state index contributed by atoms with van der Waals surface area (Å²) >= 11 is 0. The molecule has 5 heteroatoms. The van der Waals surface area contributed by atoms with Crippen LogP contribution >= 0.6 is 0 Å². The molecular weight excluding hydrogens is 260 g/mol. The average molecular weight is 276 g/mol. The zero-order chi connectivity index (χ0) is 14.1. The van der Waals surface area contributed by atoms with Crippen molar-refractivity contribution in [2.45, 2.75) is 50.3 Å². The van der Waals surface area contributed by atoms with E-state index in [1.807, 2.05) is 0 Å². The van der Waals surface area contributed by atoms with E-state index in [0.29, 0.717) is 18.9 Å². The van der Waals surface area contributed by atoms with Crippen molar-refractivity contribution in [1.82, 2.24) is 0 Å². The predicted molar refractivity (Wildman–Crippen MR) is 63.0 cm³/mol. The molecule has 0 spiro atoms. The Balaban J connectivity index is 2.33. The van der Waals surface area contributed by atoms with Gasteiger partial charge >= 0.3 is 6.18 Å². The van der Waals surface area contributed by atoms with Gasteiger partial charge in [0.05, 0.1) is 11.2 Å². The highest BCUT2D eigenvalue weighted by Gasteiger charge is 2.36. The quantitative estimate of drug-likeness (QED) is 0.596. The molecule has 1 aromatic rings. The molecule has 1 aromatic carbocycles. The van der Waals surface area contributed by atoms with E-state index in [4.69, 9.17) is 0 Å². The van der Waals surface area contributed by atoms with Gasteiger partial charge < -0.3 is 5.11 Å². The lowest BCUT2D eigenvalue weighted by atomic mass is 9.86. The molecule has 0 heterocycles. The van der Waals surface area contributed by atoms with Crippen LogP contribution < -0.4 is 0 Å². The van der Waals surface area contributed by atoms with Crippen LogP contribution in [0, 0.1) is 5.82 Å².